The van der Waals surface area contributed by atoms with Gasteiger partial charge in [0, 0.05) is 6.54 Å². The summed E-state index contributed by atoms with van der Waals surface area (Å²) in [4.78, 5) is 0. The van der Waals surface area contributed by atoms with Crippen molar-refractivity contribution in [2.45, 2.75) is 19.8 Å². The predicted octanol–water partition coefficient (Wildman–Crippen LogP) is -2.55. The number of hydrogen-bond donors (Lipinski definition) is 1. The molecule has 0 rings (SSSR count). The average molecular weight is 175 g/mol. The summed E-state index contributed by atoms with van der Waals surface area (Å²) in [6, 6.07) is 0. The fourth-order valence-electron chi connectivity index (χ4n) is 0.434. The number of rotatable bonds is 4. The Balaban J connectivity index is -0.000000320. The fraction of sp³-hybridized carbons (Fsp3) is 1.00. The molecule has 0 heterocycles. The van der Waals surface area contributed by atoms with E-state index in [-0.39, 0.29) is 31.0 Å². The van der Waals surface area contributed by atoms with Crippen LogP contribution in [0, 0.1) is 0 Å². The Morgan fingerprint density at radius 1 is 1.50 bits per heavy atom. The van der Waals surface area contributed by atoms with Crippen molar-refractivity contribution in [3.05, 3.63) is 0 Å². The third kappa shape index (κ3) is 11.7. The van der Waals surface area contributed by atoms with E-state index in [0.29, 0.717) is 6.54 Å². The van der Waals surface area contributed by atoms with E-state index < -0.39 is 10.0 Å². The molecule has 0 aromatic carbocycles. The fourth-order valence-corrected chi connectivity index (χ4v) is 0.949. The van der Waals surface area contributed by atoms with Gasteiger partial charge in [-0.3, -0.25) is 0 Å². The topological polar surface area (TPSA) is 46.2 Å². The molecule has 10 heavy (non-hydrogen) atoms. The van der Waals surface area contributed by atoms with Crippen LogP contribution in [0.3, 0.4) is 0 Å². The molecule has 0 atom stereocenters. The van der Waals surface area contributed by atoms with E-state index in [1.807, 2.05) is 6.92 Å². The minimum absolute atomic E-state index is 0. The van der Waals surface area contributed by atoms with Gasteiger partial charge in [-0.1, -0.05) is 13.3 Å². The summed E-state index contributed by atoms with van der Waals surface area (Å²) in [6.07, 6.45) is 3.10. The molecule has 0 saturated heterocycles. The molecule has 0 aromatic heterocycles. The average Bonchev–Trinajstić information content (AvgIpc) is 1.63. The molecule has 0 aliphatic carbocycles. The van der Waals surface area contributed by atoms with Crippen molar-refractivity contribution in [1.82, 2.24) is 4.72 Å². The standard InChI is InChI=1S/C5H13NO2S.Na.H/c1-3-4-5-6-9(2,7)8;;/h6H,3-5H2,1-2H3;;/q;+1;-1. The summed E-state index contributed by atoms with van der Waals surface area (Å²) in [5.41, 5.74) is 0. The smallest absolute Gasteiger partial charge is 1.00 e. The van der Waals surface area contributed by atoms with Gasteiger partial charge in [-0.2, -0.15) is 0 Å². The SMILES string of the molecule is CCCCNS(C)(=O)=O.[H-].[Na+]. The third-order valence-corrected chi connectivity index (χ3v) is 1.62. The Morgan fingerprint density at radius 2 is 2.00 bits per heavy atom. The second-order valence-electron chi connectivity index (χ2n) is 2.02. The first kappa shape index (κ1) is 13.5. The van der Waals surface area contributed by atoms with Crippen LogP contribution in [0.15, 0.2) is 0 Å². The molecule has 1 N–H and O–H groups in total. The van der Waals surface area contributed by atoms with Gasteiger partial charge in [-0.05, 0) is 6.42 Å². The molecule has 3 nitrogen and oxygen atoms in total. The van der Waals surface area contributed by atoms with Crippen molar-refractivity contribution >= 4 is 10.0 Å². The first-order chi connectivity index (χ1) is 4.06. The van der Waals surface area contributed by atoms with Crippen molar-refractivity contribution < 1.29 is 39.4 Å². The number of hydrogen-bond acceptors (Lipinski definition) is 2. The summed E-state index contributed by atoms with van der Waals surface area (Å²) in [5.74, 6) is 0. The van der Waals surface area contributed by atoms with E-state index >= 15 is 0 Å². The van der Waals surface area contributed by atoms with Gasteiger partial charge in [0.05, 0.1) is 6.26 Å². The Bertz CT molecular complexity index is 160. The van der Waals surface area contributed by atoms with Crippen LogP contribution < -0.4 is 34.3 Å². The van der Waals surface area contributed by atoms with Crippen molar-refractivity contribution in [2.75, 3.05) is 12.8 Å². The van der Waals surface area contributed by atoms with Gasteiger partial charge in [0.1, 0.15) is 0 Å². The number of sulfonamides is 1. The van der Waals surface area contributed by atoms with Gasteiger partial charge >= 0.3 is 29.6 Å². The number of unbranched alkanes of at least 4 members (excludes halogenated alkanes) is 1. The maximum absolute atomic E-state index is 10.4. The molecule has 0 spiro atoms. The van der Waals surface area contributed by atoms with Crippen LogP contribution in [0.2, 0.25) is 0 Å². The summed E-state index contributed by atoms with van der Waals surface area (Å²) >= 11 is 0. The Hall–Kier alpha value is 0.910. The zero-order valence-corrected chi connectivity index (χ0v) is 9.66. The van der Waals surface area contributed by atoms with E-state index in [9.17, 15) is 8.42 Å². The zero-order chi connectivity index (χ0) is 7.33. The first-order valence-electron chi connectivity index (χ1n) is 3.01. The van der Waals surface area contributed by atoms with Crippen LogP contribution in [0.1, 0.15) is 21.2 Å². The maximum atomic E-state index is 10.4. The van der Waals surface area contributed by atoms with Crippen LogP contribution >= 0.6 is 0 Å². The van der Waals surface area contributed by atoms with Crippen molar-refractivity contribution in [1.29, 1.82) is 0 Å². The van der Waals surface area contributed by atoms with Crippen molar-refractivity contribution in [3.8, 4) is 0 Å². The van der Waals surface area contributed by atoms with Crippen molar-refractivity contribution in [3.63, 3.8) is 0 Å². The van der Waals surface area contributed by atoms with Crippen LogP contribution in [-0.2, 0) is 10.0 Å². The van der Waals surface area contributed by atoms with E-state index in [1.54, 1.807) is 0 Å². The van der Waals surface area contributed by atoms with E-state index in [0.717, 1.165) is 12.8 Å². The van der Waals surface area contributed by atoms with Gasteiger partial charge in [-0.25, -0.2) is 13.1 Å². The minimum atomic E-state index is -2.95. The van der Waals surface area contributed by atoms with Crippen LogP contribution in [0.5, 0.6) is 0 Å². The van der Waals surface area contributed by atoms with Crippen molar-refractivity contribution in [2.24, 2.45) is 0 Å². The van der Waals surface area contributed by atoms with Crippen LogP contribution in [0.4, 0.5) is 0 Å². The van der Waals surface area contributed by atoms with Crippen LogP contribution in [0.25, 0.3) is 0 Å². The molecule has 0 radical (unpaired) electrons. The third-order valence-electron chi connectivity index (χ3n) is 0.895. The largest absolute Gasteiger partial charge is 1.00 e. The second kappa shape index (κ2) is 6.61. The van der Waals surface area contributed by atoms with E-state index in [2.05, 4.69) is 4.72 Å². The molecule has 0 aromatic rings. The Morgan fingerprint density at radius 3 is 2.30 bits per heavy atom. The van der Waals surface area contributed by atoms with Crippen LogP contribution in [-0.4, -0.2) is 21.2 Å². The molecule has 0 bridgehead atoms. The summed E-state index contributed by atoms with van der Waals surface area (Å²) in [5, 5.41) is 0. The van der Waals surface area contributed by atoms with Gasteiger partial charge in [0.15, 0.2) is 0 Å². The summed E-state index contributed by atoms with van der Waals surface area (Å²) < 4.78 is 23.2. The van der Waals surface area contributed by atoms with E-state index in [4.69, 9.17) is 0 Å². The van der Waals surface area contributed by atoms with Gasteiger partial charge in [0.2, 0.25) is 10.0 Å². The normalized spacial score (nSPS) is 10.6. The zero-order valence-electron chi connectivity index (χ0n) is 7.85. The second-order valence-corrected chi connectivity index (χ2v) is 3.85. The quantitative estimate of drug-likeness (QED) is 0.378. The summed E-state index contributed by atoms with van der Waals surface area (Å²) in [7, 11) is -2.95. The number of nitrogens with one attached hydrogen (secondary N) is 1. The molecule has 58 valence electrons. The molecular weight excluding hydrogens is 161 g/mol. The summed E-state index contributed by atoms with van der Waals surface area (Å²) in [6.45, 7) is 2.58. The molecular formula is C5H14NNaO2S. The molecule has 0 aliphatic rings. The Kier molecular flexibility index (Phi) is 8.92. The molecule has 0 saturated carbocycles. The Labute approximate surface area is 86.4 Å². The molecule has 5 heteroatoms. The van der Waals surface area contributed by atoms with Gasteiger partial charge in [0.25, 0.3) is 0 Å². The maximum Gasteiger partial charge on any atom is 1.00 e. The molecule has 0 unspecified atom stereocenters. The molecule has 0 amide bonds. The minimum Gasteiger partial charge on any atom is -1.00 e. The van der Waals surface area contributed by atoms with E-state index in [1.165, 1.54) is 6.26 Å². The monoisotopic (exact) mass is 175 g/mol. The molecule has 0 aliphatic heterocycles. The van der Waals surface area contributed by atoms with Gasteiger partial charge in [-0.15, -0.1) is 0 Å². The first-order valence-corrected chi connectivity index (χ1v) is 4.90. The predicted molar refractivity (Wildman–Crippen MR) is 38.9 cm³/mol. The molecule has 0 fully saturated rings. The van der Waals surface area contributed by atoms with Gasteiger partial charge < -0.3 is 1.43 Å².